The van der Waals surface area contributed by atoms with Gasteiger partial charge < -0.3 is 5.32 Å². The minimum atomic E-state index is -0.770. The van der Waals surface area contributed by atoms with E-state index in [-0.39, 0.29) is 0 Å². The molecule has 4 heteroatoms. The molecule has 0 heterocycles. The van der Waals surface area contributed by atoms with Crippen LogP contribution < -0.4 is 5.32 Å². The quantitative estimate of drug-likeness (QED) is 0.869. The van der Waals surface area contributed by atoms with Gasteiger partial charge in [-0.15, -0.1) is 11.8 Å². The van der Waals surface area contributed by atoms with Crippen LogP contribution in [0.15, 0.2) is 23.1 Å². The fourth-order valence-electron chi connectivity index (χ4n) is 2.32. The van der Waals surface area contributed by atoms with Gasteiger partial charge in [0.25, 0.3) is 0 Å². The van der Waals surface area contributed by atoms with Crippen LogP contribution in [0.3, 0.4) is 0 Å². The van der Waals surface area contributed by atoms with Crippen molar-refractivity contribution in [2.75, 3.05) is 6.54 Å². The smallest absolute Gasteiger partial charge is 0.159 e. The third-order valence-corrected chi connectivity index (χ3v) is 4.55. The zero-order valence-corrected chi connectivity index (χ0v) is 11.4. The molecule has 0 bridgehead atoms. The van der Waals surface area contributed by atoms with Crippen LogP contribution in [0, 0.1) is 11.6 Å². The van der Waals surface area contributed by atoms with Crippen molar-refractivity contribution in [3.05, 3.63) is 29.8 Å². The Kier molecular flexibility index (Phi) is 5.01. The van der Waals surface area contributed by atoms with Crippen LogP contribution in [0.5, 0.6) is 0 Å². The summed E-state index contributed by atoms with van der Waals surface area (Å²) in [6, 6.07) is 4.76. The van der Waals surface area contributed by atoms with E-state index in [0.717, 1.165) is 30.7 Å². The highest BCUT2D eigenvalue weighted by atomic mass is 32.2. The zero-order chi connectivity index (χ0) is 13.0. The van der Waals surface area contributed by atoms with Crippen LogP contribution in [0.1, 0.15) is 32.6 Å². The first-order valence-electron chi connectivity index (χ1n) is 6.54. The number of benzene rings is 1. The summed E-state index contributed by atoms with van der Waals surface area (Å²) >= 11 is 1.66. The molecule has 1 nitrogen and oxygen atoms in total. The third kappa shape index (κ3) is 3.69. The number of halogens is 2. The van der Waals surface area contributed by atoms with E-state index < -0.39 is 11.6 Å². The summed E-state index contributed by atoms with van der Waals surface area (Å²) in [5.41, 5.74) is 0. The minimum Gasteiger partial charge on any atom is -0.314 e. The summed E-state index contributed by atoms with van der Waals surface area (Å²) in [7, 11) is 0. The molecule has 1 saturated carbocycles. The molecule has 2 rings (SSSR count). The van der Waals surface area contributed by atoms with Gasteiger partial charge in [0.15, 0.2) is 11.6 Å². The number of rotatable bonds is 5. The van der Waals surface area contributed by atoms with Crippen LogP contribution in [0.2, 0.25) is 0 Å². The van der Waals surface area contributed by atoms with Crippen LogP contribution in [-0.4, -0.2) is 17.8 Å². The van der Waals surface area contributed by atoms with Gasteiger partial charge in [0.2, 0.25) is 0 Å². The molecule has 1 aromatic rings. The van der Waals surface area contributed by atoms with Crippen molar-refractivity contribution in [3.8, 4) is 0 Å². The van der Waals surface area contributed by atoms with Gasteiger partial charge in [-0.3, -0.25) is 0 Å². The van der Waals surface area contributed by atoms with Gasteiger partial charge in [-0.05, 0) is 50.4 Å². The minimum absolute atomic E-state index is 0.518. The highest BCUT2D eigenvalue weighted by molar-refractivity contribution is 8.00. The zero-order valence-electron chi connectivity index (χ0n) is 10.6. The second-order valence-electron chi connectivity index (χ2n) is 4.78. The highest BCUT2D eigenvalue weighted by Gasteiger charge is 2.24. The molecule has 0 radical (unpaired) electrons. The number of hydrogen-bond acceptors (Lipinski definition) is 2. The molecule has 1 aliphatic carbocycles. The molecule has 1 aliphatic rings. The molecule has 2 atom stereocenters. The van der Waals surface area contributed by atoms with Crippen LogP contribution >= 0.6 is 11.8 Å². The van der Waals surface area contributed by atoms with E-state index in [9.17, 15) is 8.78 Å². The van der Waals surface area contributed by atoms with Crippen molar-refractivity contribution >= 4 is 11.8 Å². The second-order valence-corrected chi connectivity index (χ2v) is 6.15. The van der Waals surface area contributed by atoms with Crippen LogP contribution in [0.4, 0.5) is 8.78 Å². The molecule has 0 spiro atoms. The molecule has 2 unspecified atom stereocenters. The molecule has 0 aliphatic heterocycles. The Bertz CT molecular complexity index is 397. The Labute approximate surface area is 111 Å². The maximum Gasteiger partial charge on any atom is 0.159 e. The van der Waals surface area contributed by atoms with Gasteiger partial charge in [-0.1, -0.05) is 6.92 Å². The van der Waals surface area contributed by atoms with Gasteiger partial charge >= 0.3 is 0 Å². The first-order valence-corrected chi connectivity index (χ1v) is 7.42. The van der Waals surface area contributed by atoms with E-state index in [4.69, 9.17) is 0 Å². The highest BCUT2D eigenvalue weighted by Crippen LogP contribution is 2.35. The summed E-state index contributed by atoms with van der Waals surface area (Å²) in [5, 5.41) is 4.04. The van der Waals surface area contributed by atoms with Gasteiger partial charge in [-0.25, -0.2) is 8.78 Å². The Morgan fingerprint density at radius 3 is 2.83 bits per heavy atom. The predicted octanol–water partition coefficient (Wildman–Crippen LogP) is 3.98. The first-order chi connectivity index (χ1) is 8.69. The molecule has 0 aromatic heterocycles. The molecule has 1 aromatic carbocycles. The van der Waals surface area contributed by atoms with Crippen molar-refractivity contribution in [1.29, 1.82) is 0 Å². The average molecular weight is 271 g/mol. The molecule has 1 fully saturated rings. The maximum absolute atomic E-state index is 13.1. The normalized spacial score (nSPS) is 23.5. The number of thioether (sulfide) groups is 1. The molecule has 0 amide bonds. The van der Waals surface area contributed by atoms with Crippen molar-refractivity contribution in [1.82, 2.24) is 5.32 Å². The second kappa shape index (κ2) is 6.53. The lowest BCUT2D eigenvalue weighted by Gasteiger charge is -2.12. The number of nitrogens with one attached hydrogen (secondary N) is 1. The average Bonchev–Trinajstić information content (AvgIpc) is 2.79. The third-order valence-electron chi connectivity index (χ3n) is 3.26. The van der Waals surface area contributed by atoms with E-state index in [1.54, 1.807) is 17.8 Å². The summed E-state index contributed by atoms with van der Waals surface area (Å²) < 4.78 is 25.9. The molecule has 18 heavy (non-hydrogen) atoms. The van der Waals surface area contributed by atoms with E-state index >= 15 is 0 Å². The SMILES string of the molecule is CCCNC1CCC(Sc2ccc(F)c(F)c2)C1. The van der Waals surface area contributed by atoms with E-state index in [2.05, 4.69) is 12.2 Å². The van der Waals surface area contributed by atoms with Gasteiger partial charge in [0.1, 0.15) is 0 Å². The molecule has 100 valence electrons. The van der Waals surface area contributed by atoms with Gasteiger partial charge in [0, 0.05) is 16.2 Å². The maximum atomic E-state index is 13.1. The fraction of sp³-hybridized carbons (Fsp3) is 0.571. The Balaban J connectivity index is 1.85. The summed E-state index contributed by atoms with van der Waals surface area (Å²) in [6.45, 7) is 3.22. The Morgan fingerprint density at radius 2 is 2.11 bits per heavy atom. The lowest BCUT2D eigenvalue weighted by atomic mass is 10.2. The fourth-order valence-corrected chi connectivity index (χ4v) is 3.61. The largest absolute Gasteiger partial charge is 0.314 e. The lowest BCUT2D eigenvalue weighted by Crippen LogP contribution is -2.27. The lowest BCUT2D eigenvalue weighted by molar-refractivity contribution is 0.506. The van der Waals surface area contributed by atoms with E-state index in [0.29, 0.717) is 11.3 Å². The molecular formula is C14H19F2NS. The van der Waals surface area contributed by atoms with Crippen molar-refractivity contribution in [2.45, 2.75) is 48.8 Å². The summed E-state index contributed by atoms with van der Waals surface area (Å²) in [6.07, 6.45) is 4.59. The van der Waals surface area contributed by atoms with Crippen molar-refractivity contribution in [2.24, 2.45) is 0 Å². The van der Waals surface area contributed by atoms with Crippen LogP contribution in [-0.2, 0) is 0 Å². The summed E-state index contributed by atoms with van der Waals surface area (Å²) in [4.78, 5) is 0.829. The molecular weight excluding hydrogens is 252 g/mol. The standard InChI is InChI=1S/C14H19F2NS/c1-2-7-17-10-3-4-11(8-10)18-12-5-6-13(15)14(16)9-12/h5-6,9-11,17H,2-4,7-8H2,1H3. The first kappa shape index (κ1) is 13.8. The Morgan fingerprint density at radius 1 is 1.28 bits per heavy atom. The van der Waals surface area contributed by atoms with Crippen molar-refractivity contribution < 1.29 is 8.78 Å². The van der Waals surface area contributed by atoms with Gasteiger partial charge in [0.05, 0.1) is 0 Å². The number of hydrogen-bond donors (Lipinski definition) is 1. The Hall–Kier alpha value is -0.610. The molecule has 0 saturated heterocycles. The van der Waals surface area contributed by atoms with Crippen molar-refractivity contribution in [3.63, 3.8) is 0 Å². The van der Waals surface area contributed by atoms with E-state index in [1.165, 1.54) is 18.6 Å². The molecule has 1 N–H and O–H groups in total. The van der Waals surface area contributed by atoms with Crippen LogP contribution in [0.25, 0.3) is 0 Å². The monoisotopic (exact) mass is 271 g/mol. The summed E-state index contributed by atoms with van der Waals surface area (Å²) in [5.74, 6) is -1.52. The topological polar surface area (TPSA) is 12.0 Å². The predicted molar refractivity (Wildman–Crippen MR) is 71.9 cm³/mol. The van der Waals surface area contributed by atoms with E-state index in [1.807, 2.05) is 0 Å². The van der Waals surface area contributed by atoms with Gasteiger partial charge in [-0.2, -0.15) is 0 Å².